The summed E-state index contributed by atoms with van der Waals surface area (Å²) >= 11 is 4.41. The van der Waals surface area contributed by atoms with Crippen LogP contribution in [0, 0.1) is 0 Å². The largest absolute Gasteiger partial charge is 0.390 e. The van der Waals surface area contributed by atoms with Gasteiger partial charge in [-0.3, -0.25) is 0 Å². The zero-order valence-electron chi connectivity index (χ0n) is 6.47. The van der Waals surface area contributed by atoms with Crippen LogP contribution in [-0.4, -0.2) is 39.0 Å². The summed E-state index contributed by atoms with van der Waals surface area (Å²) in [5.74, 6) is 0. The molecule has 0 aromatic heterocycles. The van der Waals surface area contributed by atoms with Gasteiger partial charge in [0, 0.05) is 5.37 Å². The highest BCUT2D eigenvalue weighted by atomic mass is 32.1. The lowest BCUT2D eigenvalue weighted by Crippen LogP contribution is -2.37. The topological polar surface area (TPSA) is 60.7 Å². The smallest absolute Gasteiger partial charge is 0.111 e. The van der Waals surface area contributed by atoms with Crippen LogP contribution in [0.5, 0.6) is 0 Å². The number of thiocarbonyl (C=S) groups is 1. The van der Waals surface area contributed by atoms with Crippen molar-refractivity contribution in [3.05, 3.63) is 0 Å². The Morgan fingerprint density at radius 2 is 1.91 bits per heavy atom. The first-order valence-electron chi connectivity index (χ1n) is 3.63. The van der Waals surface area contributed by atoms with Crippen LogP contribution in [-0.2, 0) is 0 Å². The van der Waals surface area contributed by atoms with E-state index in [1.807, 2.05) is 6.92 Å². The lowest BCUT2D eigenvalue weighted by Gasteiger charge is -2.19. The van der Waals surface area contributed by atoms with E-state index in [2.05, 4.69) is 12.2 Å². The first-order valence-corrected chi connectivity index (χ1v) is 4.10. The molecule has 0 saturated carbocycles. The van der Waals surface area contributed by atoms with Crippen molar-refractivity contribution in [3.8, 4) is 0 Å². The van der Waals surface area contributed by atoms with Crippen LogP contribution in [0.4, 0.5) is 0 Å². The Kier molecular flexibility index (Phi) is 5.58. The molecule has 0 unspecified atom stereocenters. The predicted octanol–water partition coefficient (Wildman–Crippen LogP) is -0.131. The van der Waals surface area contributed by atoms with Crippen LogP contribution in [0.15, 0.2) is 0 Å². The van der Waals surface area contributed by atoms with Gasteiger partial charge in [0.2, 0.25) is 0 Å². The molecular formula is C7H14O3S. The molecule has 0 saturated heterocycles. The summed E-state index contributed by atoms with van der Waals surface area (Å²) in [5, 5.41) is 28.3. The van der Waals surface area contributed by atoms with Crippen molar-refractivity contribution >= 4 is 17.6 Å². The SMILES string of the molecule is CCC[C@@H](O)[C@@H](O)[C@@H](O)C=S. The normalized spacial score (nSPS) is 18.9. The van der Waals surface area contributed by atoms with Crippen LogP contribution in [0.3, 0.4) is 0 Å². The van der Waals surface area contributed by atoms with Gasteiger partial charge in [-0.2, -0.15) is 0 Å². The van der Waals surface area contributed by atoms with E-state index in [-0.39, 0.29) is 0 Å². The molecule has 0 radical (unpaired) electrons. The highest BCUT2D eigenvalue weighted by Gasteiger charge is 2.21. The maximum Gasteiger partial charge on any atom is 0.111 e. The molecule has 0 aliphatic carbocycles. The fraction of sp³-hybridized carbons (Fsp3) is 0.857. The Morgan fingerprint density at radius 3 is 2.27 bits per heavy atom. The molecule has 3 N–H and O–H groups in total. The molecule has 0 fully saturated rings. The number of hydrogen-bond acceptors (Lipinski definition) is 4. The minimum Gasteiger partial charge on any atom is -0.390 e. The Hall–Kier alpha value is -0.0300. The molecule has 0 aliphatic heterocycles. The number of rotatable bonds is 5. The van der Waals surface area contributed by atoms with E-state index in [9.17, 15) is 0 Å². The lowest BCUT2D eigenvalue weighted by atomic mass is 10.1. The van der Waals surface area contributed by atoms with E-state index in [4.69, 9.17) is 15.3 Å². The van der Waals surface area contributed by atoms with Crippen LogP contribution in [0.2, 0.25) is 0 Å². The molecule has 0 amide bonds. The van der Waals surface area contributed by atoms with E-state index in [0.29, 0.717) is 6.42 Å². The minimum absolute atomic E-state index is 0.474. The highest BCUT2D eigenvalue weighted by molar-refractivity contribution is 7.79. The summed E-state index contributed by atoms with van der Waals surface area (Å²) in [4.78, 5) is 0. The molecule has 0 rings (SSSR count). The number of hydrogen-bond donors (Lipinski definition) is 3. The third-order valence-electron chi connectivity index (χ3n) is 1.47. The standard InChI is InChI=1S/C7H14O3S/c1-2-3-5(8)7(10)6(9)4-11/h4-10H,2-3H2,1H3/t5-,6+,7-/m1/s1. The van der Waals surface area contributed by atoms with Crippen molar-refractivity contribution in [2.45, 2.75) is 38.1 Å². The molecule has 3 nitrogen and oxygen atoms in total. The summed E-state index contributed by atoms with van der Waals surface area (Å²) in [7, 11) is 0. The van der Waals surface area contributed by atoms with E-state index in [1.165, 1.54) is 0 Å². The summed E-state index contributed by atoms with van der Waals surface area (Å²) < 4.78 is 0. The molecule has 0 aromatic carbocycles. The number of aliphatic hydroxyl groups is 3. The average Bonchev–Trinajstić information content (AvgIpc) is 2.02. The molecule has 0 aromatic rings. The second kappa shape index (κ2) is 5.60. The van der Waals surface area contributed by atoms with E-state index in [0.717, 1.165) is 11.8 Å². The zero-order chi connectivity index (χ0) is 8.85. The van der Waals surface area contributed by atoms with E-state index in [1.54, 1.807) is 0 Å². The average molecular weight is 178 g/mol. The van der Waals surface area contributed by atoms with Gasteiger partial charge in [-0.25, -0.2) is 0 Å². The van der Waals surface area contributed by atoms with Gasteiger partial charge < -0.3 is 15.3 Å². The maximum absolute atomic E-state index is 9.14. The van der Waals surface area contributed by atoms with E-state index < -0.39 is 18.3 Å². The van der Waals surface area contributed by atoms with Crippen molar-refractivity contribution in [3.63, 3.8) is 0 Å². The Bertz CT molecular complexity index is 118. The quantitative estimate of drug-likeness (QED) is 0.513. The summed E-state index contributed by atoms with van der Waals surface area (Å²) in [6.45, 7) is 1.89. The molecule has 66 valence electrons. The van der Waals surface area contributed by atoms with Gasteiger partial charge >= 0.3 is 0 Å². The van der Waals surface area contributed by atoms with Crippen molar-refractivity contribution in [1.29, 1.82) is 0 Å². The van der Waals surface area contributed by atoms with Crippen molar-refractivity contribution in [2.75, 3.05) is 0 Å². The summed E-state index contributed by atoms with van der Waals surface area (Å²) in [6.07, 6.45) is -1.89. The second-order valence-electron chi connectivity index (χ2n) is 2.47. The Balaban J connectivity index is 3.79. The molecule has 0 bridgehead atoms. The van der Waals surface area contributed by atoms with Crippen LogP contribution >= 0.6 is 12.2 Å². The van der Waals surface area contributed by atoms with Crippen LogP contribution < -0.4 is 0 Å². The first kappa shape index (κ1) is 11.0. The van der Waals surface area contributed by atoms with Crippen LogP contribution in [0.25, 0.3) is 0 Å². The molecule has 3 atom stereocenters. The minimum atomic E-state index is -1.15. The summed E-state index contributed by atoms with van der Waals surface area (Å²) in [6, 6.07) is 0. The monoisotopic (exact) mass is 178 g/mol. The van der Waals surface area contributed by atoms with Gasteiger partial charge in [0.1, 0.15) is 12.2 Å². The third-order valence-corrected chi connectivity index (χ3v) is 1.75. The Labute approximate surface area is 71.7 Å². The molecule has 11 heavy (non-hydrogen) atoms. The molecule has 0 aliphatic rings. The highest BCUT2D eigenvalue weighted by Crippen LogP contribution is 2.04. The van der Waals surface area contributed by atoms with Crippen LogP contribution in [0.1, 0.15) is 19.8 Å². The number of aliphatic hydroxyl groups excluding tert-OH is 3. The van der Waals surface area contributed by atoms with Gasteiger partial charge in [0.15, 0.2) is 0 Å². The van der Waals surface area contributed by atoms with E-state index >= 15 is 0 Å². The van der Waals surface area contributed by atoms with Gasteiger partial charge in [0.25, 0.3) is 0 Å². The molecule has 0 spiro atoms. The third kappa shape index (κ3) is 3.76. The van der Waals surface area contributed by atoms with Gasteiger partial charge in [0.05, 0.1) is 6.10 Å². The predicted molar refractivity (Wildman–Crippen MR) is 46.6 cm³/mol. The Morgan fingerprint density at radius 1 is 1.36 bits per heavy atom. The molecule has 0 heterocycles. The van der Waals surface area contributed by atoms with Crippen molar-refractivity contribution in [2.24, 2.45) is 0 Å². The molecular weight excluding hydrogens is 164 g/mol. The first-order chi connectivity index (χ1) is 5.13. The van der Waals surface area contributed by atoms with Gasteiger partial charge in [-0.15, -0.1) is 0 Å². The fourth-order valence-corrected chi connectivity index (χ4v) is 0.936. The second-order valence-corrected chi connectivity index (χ2v) is 2.75. The zero-order valence-corrected chi connectivity index (χ0v) is 7.29. The molecule has 4 heteroatoms. The summed E-state index contributed by atoms with van der Waals surface area (Å²) in [5.41, 5.74) is 0. The lowest BCUT2D eigenvalue weighted by molar-refractivity contribution is -0.0353. The maximum atomic E-state index is 9.14. The van der Waals surface area contributed by atoms with Crippen molar-refractivity contribution in [1.82, 2.24) is 0 Å². The fourth-order valence-electron chi connectivity index (χ4n) is 0.775. The van der Waals surface area contributed by atoms with Gasteiger partial charge in [-0.1, -0.05) is 25.6 Å². The van der Waals surface area contributed by atoms with Gasteiger partial charge in [-0.05, 0) is 6.42 Å². The van der Waals surface area contributed by atoms with Crippen molar-refractivity contribution < 1.29 is 15.3 Å².